The number of carbonyl (C=O) groups is 1. The predicted octanol–water partition coefficient (Wildman–Crippen LogP) is 3.07. The summed E-state index contributed by atoms with van der Waals surface area (Å²) in [5.41, 5.74) is 0.286. The van der Waals surface area contributed by atoms with Gasteiger partial charge in [0, 0.05) is 26.4 Å². The predicted molar refractivity (Wildman–Crippen MR) is 80.6 cm³/mol. The van der Waals surface area contributed by atoms with Crippen molar-refractivity contribution in [1.29, 1.82) is 0 Å². The molecule has 1 aromatic carbocycles. The Bertz CT molecular complexity index is 627. The van der Waals surface area contributed by atoms with Gasteiger partial charge in [0.2, 0.25) is 5.91 Å². The Labute approximate surface area is 129 Å². The molecule has 0 aliphatic rings. The topological polar surface area (TPSA) is 59.2 Å². The molecule has 5 nitrogen and oxygen atoms in total. The van der Waals surface area contributed by atoms with E-state index < -0.39 is 5.82 Å². The Balaban J connectivity index is 1.93. The molecule has 1 heterocycles. The van der Waals surface area contributed by atoms with Crippen LogP contribution in [0.15, 0.2) is 28.8 Å². The van der Waals surface area contributed by atoms with Gasteiger partial charge in [0.25, 0.3) is 5.89 Å². The van der Waals surface area contributed by atoms with E-state index >= 15 is 0 Å². The first-order valence-electron chi connectivity index (χ1n) is 7.43. The Morgan fingerprint density at radius 1 is 1.36 bits per heavy atom. The number of hydrogen-bond acceptors (Lipinski definition) is 4. The molecule has 0 saturated carbocycles. The highest BCUT2D eigenvalue weighted by atomic mass is 19.1. The second-order valence-corrected chi connectivity index (χ2v) is 5.16. The first-order valence-corrected chi connectivity index (χ1v) is 7.43. The molecule has 2 rings (SSSR count). The summed E-state index contributed by atoms with van der Waals surface area (Å²) < 4.78 is 18.7. The van der Waals surface area contributed by atoms with E-state index in [4.69, 9.17) is 4.52 Å². The maximum atomic E-state index is 13.6. The minimum absolute atomic E-state index is 0.111. The summed E-state index contributed by atoms with van der Waals surface area (Å²) in [6, 6.07) is 6.25. The van der Waals surface area contributed by atoms with Crippen molar-refractivity contribution in [3.63, 3.8) is 0 Å². The number of amides is 1. The molecule has 0 fully saturated rings. The molecule has 0 radical (unpaired) electrons. The molecule has 0 atom stereocenters. The van der Waals surface area contributed by atoms with Crippen molar-refractivity contribution in [3.8, 4) is 11.5 Å². The second-order valence-electron chi connectivity index (χ2n) is 5.16. The van der Waals surface area contributed by atoms with Crippen LogP contribution in [0.4, 0.5) is 4.39 Å². The smallest absolute Gasteiger partial charge is 0.260 e. The van der Waals surface area contributed by atoms with Gasteiger partial charge < -0.3 is 9.42 Å². The van der Waals surface area contributed by atoms with Gasteiger partial charge in [0.1, 0.15) is 5.82 Å². The lowest BCUT2D eigenvalue weighted by atomic mass is 10.2. The zero-order valence-electron chi connectivity index (χ0n) is 12.9. The lowest BCUT2D eigenvalue weighted by molar-refractivity contribution is -0.130. The molecule has 0 saturated heterocycles. The first kappa shape index (κ1) is 16.1. The molecule has 0 spiro atoms. The summed E-state index contributed by atoms with van der Waals surface area (Å²) in [5, 5.41) is 3.84. The number of likely N-dealkylation sites (N-methyl/N-ethyl adjacent to an activating group) is 1. The largest absolute Gasteiger partial charge is 0.345 e. The molecule has 0 aliphatic heterocycles. The highest BCUT2D eigenvalue weighted by molar-refractivity contribution is 5.75. The zero-order chi connectivity index (χ0) is 15.9. The van der Waals surface area contributed by atoms with Gasteiger partial charge in [-0.15, -0.1) is 0 Å². The van der Waals surface area contributed by atoms with E-state index in [9.17, 15) is 9.18 Å². The number of hydrogen-bond donors (Lipinski definition) is 0. The number of aromatic nitrogens is 2. The van der Waals surface area contributed by atoms with Gasteiger partial charge in [-0.25, -0.2) is 4.39 Å². The summed E-state index contributed by atoms with van der Waals surface area (Å²) in [4.78, 5) is 17.6. The van der Waals surface area contributed by atoms with E-state index in [1.54, 1.807) is 30.1 Å². The van der Waals surface area contributed by atoms with Crippen LogP contribution in [0.5, 0.6) is 0 Å². The molecule has 118 valence electrons. The number of rotatable bonds is 7. The Morgan fingerprint density at radius 2 is 2.14 bits per heavy atom. The number of unbranched alkanes of at least 4 members (excludes halogenated alkanes) is 1. The maximum absolute atomic E-state index is 13.6. The summed E-state index contributed by atoms with van der Waals surface area (Å²) in [5.74, 6) is 0.339. The molecular weight excluding hydrogens is 285 g/mol. The monoisotopic (exact) mass is 305 g/mol. The first-order chi connectivity index (χ1) is 10.6. The standard InChI is InChI=1S/C16H20FN3O2/c1-3-4-9-15(21)20(2)11-10-14-18-16(22-19-14)12-7-5-6-8-13(12)17/h5-8H,3-4,9-11H2,1-2H3. The fourth-order valence-corrected chi connectivity index (χ4v) is 2.01. The molecule has 0 N–H and O–H groups in total. The van der Waals surface area contributed by atoms with Gasteiger partial charge in [0.15, 0.2) is 5.82 Å². The van der Waals surface area contributed by atoms with Crippen LogP contribution in [0, 0.1) is 5.82 Å². The van der Waals surface area contributed by atoms with Gasteiger partial charge >= 0.3 is 0 Å². The fraction of sp³-hybridized carbons (Fsp3) is 0.438. The third-order valence-electron chi connectivity index (χ3n) is 3.41. The van der Waals surface area contributed by atoms with E-state index in [2.05, 4.69) is 17.1 Å². The lowest BCUT2D eigenvalue weighted by Crippen LogP contribution is -2.28. The van der Waals surface area contributed by atoms with Crippen molar-refractivity contribution < 1.29 is 13.7 Å². The van der Waals surface area contributed by atoms with E-state index in [1.165, 1.54) is 6.07 Å². The van der Waals surface area contributed by atoms with Crippen LogP contribution in [0.2, 0.25) is 0 Å². The lowest BCUT2D eigenvalue weighted by Gasteiger charge is -2.15. The summed E-state index contributed by atoms with van der Waals surface area (Å²) >= 11 is 0. The van der Waals surface area contributed by atoms with Crippen molar-refractivity contribution in [2.24, 2.45) is 0 Å². The normalized spacial score (nSPS) is 10.7. The van der Waals surface area contributed by atoms with Gasteiger partial charge in [-0.3, -0.25) is 4.79 Å². The van der Waals surface area contributed by atoms with Crippen molar-refractivity contribution in [2.75, 3.05) is 13.6 Å². The van der Waals surface area contributed by atoms with Crippen LogP contribution in [0.3, 0.4) is 0 Å². The Kier molecular flexibility index (Phi) is 5.63. The highest BCUT2D eigenvalue weighted by Gasteiger charge is 2.14. The Morgan fingerprint density at radius 3 is 2.86 bits per heavy atom. The fourth-order valence-electron chi connectivity index (χ4n) is 2.01. The van der Waals surface area contributed by atoms with Gasteiger partial charge in [-0.2, -0.15) is 4.98 Å². The quantitative estimate of drug-likeness (QED) is 0.789. The van der Waals surface area contributed by atoms with Crippen LogP contribution >= 0.6 is 0 Å². The molecule has 1 aromatic heterocycles. The molecule has 0 unspecified atom stereocenters. The SMILES string of the molecule is CCCCC(=O)N(C)CCc1noc(-c2ccccc2F)n1. The average Bonchev–Trinajstić information content (AvgIpc) is 2.99. The van der Waals surface area contributed by atoms with Crippen LogP contribution in [0.1, 0.15) is 32.0 Å². The summed E-state index contributed by atoms with van der Waals surface area (Å²) in [6.07, 6.45) is 2.92. The summed E-state index contributed by atoms with van der Waals surface area (Å²) in [6.45, 7) is 2.57. The van der Waals surface area contributed by atoms with Crippen LogP contribution in [-0.4, -0.2) is 34.5 Å². The van der Waals surface area contributed by atoms with Crippen LogP contribution < -0.4 is 0 Å². The van der Waals surface area contributed by atoms with E-state index in [0.29, 0.717) is 25.2 Å². The third kappa shape index (κ3) is 4.13. The molecule has 0 bridgehead atoms. The molecule has 1 amide bonds. The zero-order valence-corrected chi connectivity index (χ0v) is 12.9. The van der Waals surface area contributed by atoms with Gasteiger partial charge in [0.05, 0.1) is 5.56 Å². The molecule has 2 aromatic rings. The second kappa shape index (κ2) is 7.68. The number of halogens is 1. The minimum Gasteiger partial charge on any atom is -0.345 e. The number of benzene rings is 1. The van der Waals surface area contributed by atoms with Crippen molar-refractivity contribution in [1.82, 2.24) is 15.0 Å². The van der Waals surface area contributed by atoms with Crippen molar-refractivity contribution >= 4 is 5.91 Å². The third-order valence-corrected chi connectivity index (χ3v) is 3.41. The average molecular weight is 305 g/mol. The van der Waals surface area contributed by atoms with Gasteiger partial charge in [-0.1, -0.05) is 30.6 Å². The molecular formula is C16H20FN3O2. The molecule has 0 aliphatic carbocycles. The number of carbonyl (C=O) groups excluding carboxylic acids is 1. The maximum Gasteiger partial charge on any atom is 0.260 e. The Hall–Kier alpha value is -2.24. The minimum atomic E-state index is -0.399. The van der Waals surface area contributed by atoms with Gasteiger partial charge in [-0.05, 0) is 18.6 Å². The van der Waals surface area contributed by atoms with Crippen LogP contribution in [0.25, 0.3) is 11.5 Å². The molecule has 6 heteroatoms. The molecule has 22 heavy (non-hydrogen) atoms. The highest BCUT2D eigenvalue weighted by Crippen LogP contribution is 2.20. The van der Waals surface area contributed by atoms with E-state index in [-0.39, 0.29) is 17.4 Å². The summed E-state index contributed by atoms with van der Waals surface area (Å²) in [7, 11) is 1.76. The van der Waals surface area contributed by atoms with Crippen molar-refractivity contribution in [3.05, 3.63) is 35.9 Å². The van der Waals surface area contributed by atoms with Crippen molar-refractivity contribution in [2.45, 2.75) is 32.6 Å². The van der Waals surface area contributed by atoms with E-state index in [0.717, 1.165) is 12.8 Å². The van der Waals surface area contributed by atoms with E-state index in [1.807, 2.05) is 0 Å². The number of nitrogens with zero attached hydrogens (tertiary/aromatic N) is 3. The van der Waals surface area contributed by atoms with Crippen LogP contribution in [-0.2, 0) is 11.2 Å².